The van der Waals surface area contributed by atoms with Crippen molar-refractivity contribution in [2.24, 2.45) is 29.1 Å². The molecule has 0 spiro atoms. The molecule has 4 saturated carbocycles. The molecule has 0 aromatic carbocycles. The number of carbonyl (C=O) groups excluding carboxylic acids is 1. The number of nitrogens with one attached hydrogen (secondary N) is 2. The molecule has 2 N–H and O–H groups in total. The maximum Gasteiger partial charge on any atom is 0.224 e. The van der Waals surface area contributed by atoms with Gasteiger partial charge >= 0.3 is 0 Å². The van der Waals surface area contributed by atoms with Crippen molar-refractivity contribution >= 4 is 5.91 Å². The molecule has 4 aliphatic carbocycles. The molecule has 3 nitrogen and oxygen atoms in total. The first-order valence-corrected chi connectivity index (χ1v) is 8.65. The molecule has 1 saturated heterocycles. The lowest BCUT2D eigenvalue weighted by molar-refractivity contribution is -0.127. The van der Waals surface area contributed by atoms with Crippen LogP contribution in [0.5, 0.6) is 0 Å². The number of hydrogen-bond acceptors (Lipinski definition) is 2. The lowest BCUT2D eigenvalue weighted by Crippen LogP contribution is -2.52. The molecule has 0 aromatic heterocycles. The Labute approximate surface area is 122 Å². The van der Waals surface area contributed by atoms with Crippen molar-refractivity contribution in [3.05, 3.63) is 0 Å². The van der Waals surface area contributed by atoms with E-state index < -0.39 is 0 Å². The van der Waals surface area contributed by atoms with Crippen LogP contribution < -0.4 is 10.6 Å². The van der Waals surface area contributed by atoms with E-state index in [0.29, 0.717) is 17.4 Å². The largest absolute Gasteiger partial charge is 0.355 e. The second kappa shape index (κ2) is 4.72. The zero-order valence-electron chi connectivity index (χ0n) is 12.7. The molecular weight excluding hydrogens is 248 g/mol. The normalized spacial score (nSPS) is 49.5. The minimum Gasteiger partial charge on any atom is -0.355 e. The van der Waals surface area contributed by atoms with Crippen molar-refractivity contribution < 1.29 is 4.79 Å². The van der Waals surface area contributed by atoms with E-state index in [2.05, 4.69) is 17.6 Å². The van der Waals surface area contributed by atoms with Crippen LogP contribution >= 0.6 is 0 Å². The molecule has 20 heavy (non-hydrogen) atoms. The highest BCUT2D eigenvalue weighted by atomic mass is 16.1. The summed E-state index contributed by atoms with van der Waals surface area (Å²) in [6.45, 7) is 4.09. The molecule has 4 bridgehead atoms. The van der Waals surface area contributed by atoms with Crippen molar-refractivity contribution in [1.29, 1.82) is 0 Å². The van der Waals surface area contributed by atoms with Crippen molar-refractivity contribution in [2.75, 3.05) is 13.1 Å². The van der Waals surface area contributed by atoms with Crippen molar-refractivity contribution in [3.8, 4) is 0 Å². The Morgan fingerprint density at radius 3 is 2.25 bits per heavy atom. The zero-order valence-corrected chi connectivity index (χ0v) is 12.7. The maximum atomic E-state index is 12.4. The third kappa shape index (κ3) is 2.18. The van der Waals surface area contributed by atoms with Gasteiger partial charge in [0.25, 0.3) is 0 Å². The van der Waals surface area contributed by atoms with Crippen molar-refractivity contribution in [3.63, 3.8) is 0 Å². The fraction of sp³-hybridized carbons (Fsp3) is 0.941. The summed E-state index contributed by atoms with van der Waals surface area (Å²) in [6, 6.07) is 0.353. The van der Waals surface area contributed by atoms with Gasteiger partial charge in [-0.15, -0.1) is 0 Å². The van der Waals surface area contributed by atoms with E-state index in [0.717, 1.165) is 37.3 Å². The predicted octanol–water partition coefficient (Wildman–Crippen LogP) is 2.32. The third-order valence-electron chi connectivity index (χ3n) is 6.66. The molecule has 5 rings (SSSR count). The van der Waals surface area contributed by atoms with Gasteiger partial charge in [0.05, 0.1) is 5.92 Å². The third-order valence-corrected chi connectivity index (χ3v) is 6.66. The van der Waals surface area contributed by atoms with Crippen LogP contribution in [0.4, 0.5) is 0 Å². The number of rotatable bonds is 3. The summed E-state index contributed by atoms with van der Waals surface area (Å²) in [5.41, 5.74) is 0.472. The first kappa shape index (κ1) is 13.1. The summed E-state index contributed by atoms with van der Waals surface area (Å²) in [7, 11) is 0. The Hall–Kier alpha value is -0.570. The molecule has 1 aliphatic heterocycles. The highest BCUT2D eigenvalue weighted by molar-refractivity contribution is 5.79. The summed E-state index contributed by atoms with van der Waals surface area (Å²) in [6.07, 6.45) is 9.62. The first-order valence-electron chi connectivity index (χ1n) is 8.65. The predicted molar refractivity (Wildman–Crippen MR) is 79.2 cm³/mol. The molecule has 1 amide bonds. The van der Waals surface area contributed by atoms with Crippen LogP contribution in [0, 0.1) is 29.1 Å². The Balaban J connectivity index is 1.38. The molecule has 1 heterocycles. The summed E-state index contributed by atoms with van der Waals surface area (Å²) < 4.78 is 0. The van der Waals surface area contributed by atoms with Gasteiger partial charge in [-0.1, -0.05) is 0 Å². The summed E-state index contributed by atoms with van der Waals surface area (Å²) in [5, 5.41) is 6.72. The zero-order chi connectivity index (χ0) is 13.7. The van der Waals surface area contributed by atoms with Crippen LogP contribution in [-0.2, 0) is 4.79 Å². The lowest BCUT2D eigenvalue weighted by Gasteiger charge is -2.57. The average molecular weight is 276 g/mol. The minimum absolute atomic E-state index is 0.198. The number of amides is 1. The fourth-order valence-electron chi connectivity index (χ4n) is 6.13. The highest BCUT2D eigenvalue weighted by Gasteiger charge is 2.50. The summed E-state index contributed by atoms with van der Waals surface area (Å²) in [5.74, 6) is 3.43. The monoisotopic (exact) mass is 276 g/mol. The highest BCUT2D eigenvalue weighted by Crippen LogP contribution is 2.59. The second-order valence-corrected chi connectivity index (χ2v) is 8.27. The molecule has 3 heteroatoms. The maximum absolute atomic E-state index is 12.4. The summed E-state index contributed by atoms with van der Waals surface area (Å²) >= 11 is 0. The number of hydrogen-bond donors (Lipinski definition) is 2. The topological polar surface area (TPSA) is 41.1 Å². The second-order valence-electron chi connectivity index (χ2n) is 8.27. The van der Waals surface area contributed by atoms with E-state index in [9.17, 15) is 4.79 Å². The van der Waals surface area contributed by atoms with Crippen LogP contribution in [0.15, 0.2) is 0 Å². The lowest BCUT2D eigenvalue weighted by atomic mass is 9.49. The van der Waals surface area contributed by atoms with E-state index in [4.69, 9.17) is 0 Å². The van der Waals surface area contributed by atoms with E-state index in [1.54, 1.807) is 0 Å². The van der Waals surface area contributed by atoms with Crippen LogP contribution in [0.25, 0.3) is 0 Å². The van der Waals surface area contributed by atoms with Gasteiger partial charge in [-0.3, -0.25) is 4.79 Å². The fourth-order valence-corrected chi connectivity index (χ4v) is 6.13. The average Bonchev–Trinajstić information content (AvgIpc) is 2.81. The van der Waals surface area contributed by atoms with E-state index in [-0.39, 0.29) is 5.92 Å². The smallest absolute Gasteiger partial charge is 0.224 e. The van der Waals surface area contributed by atoms with E-state index >= 15 is 0 Å². The van der Waals surface area contributed by atoms with Crippen molar-refractivity contribution in [1.82, 2.24) is 10.6 Å². The van der Waals surface area contributed by atoms with Crippen LogP contribution in [-0.4, -0.2) is 25.0 Å². The Morgan fingerprint density at radius 2 is 1.75 bits per heavy atom. The molecule has 2 unspecified atom stereocenters. The van der Waals surface area contributed by atoms with E-state index in [1.165, 1.54) is 38.5 Å². The number of carbonyl (C=O) groups is 1. The Kier molecular flexibility index (Phi) is 3.10. The summed E-state index contributed by atoms with van der Waals surface area (Å²) in [4.78, 5) is 12.4. The van der Waals surface area contributed by atoms with Crippen LogP contribution in [0.1, 0.15) is 51.9 Å². The van der Waals surface area contributed by atoms with Gasteiger partial charge in [-0.25, -0.2) is 0 Å². The molecular formula is C17H28N2O. The molecule has 5 fully saturated rings. The van der Waals surface area contributed by atoms with Gasteiger partial charge in [-0.05, 0) is 81.6 Å². The standard InChI is InChI=1S/C17H28N2O/c1-11-15(2-3-18-11)16(20)19-10-17-7-12-4-13(8-17)6-14(5-12)9-17/h11-15,18H,2-10H2,1H3,(H,19,20). The van der Waals surface area contributed by atoms with Gasteiger partial charge in [-0.2, -0.15) is 0 Å². The first-order chi connectivity index (χ1) is 9.63. The van der Waals surface area contributed by atoms with Gasteiger partial charge < -0.3 is 10.6 Å². The molecule has 112 valence electrons. The Bertz CT molecular complexity index is 371. The van der Waals surface area contributed by atoms with Gasteiger partial charge in [0.2, 0.25) is 5.91 Å². The van der Waals surface area contributed by atoms with Gasteiger partial charge in [0.1, 0.15) is 0 Å². The molecule has 5 aliphatic rings. The minimum atomic E-state index is 0.198. The van der Waals surface area contributed by atoms with Crippen LogP contribution in [0.3, 0.4) is 0 Å². The van der Waals surface area contributed by atoms with Crippen molar-refractivity contribution in [2.45, 2.75) is 57.9 Å². The van der Waals surface area contributed by atoms with Gasteiger partial charge in [0, 0.05) is 12.6 Å². The van der Waals surface area contributed by atoms with E-state index in [1.807, 2.05) is 0 Å². The molecule has 0 radical (unpaired) electrons. The van der Waals surface area contributed by atoms with Gasteiger partial charge in [0.15, 0.2) is 0 Å². The quantitative estimate of drug-likeness (QED) is 0.830. The Morgan fingerprint density at radius 1 is 1.15 bits per heavy atom. The molecule has 2 atom stereocenters. The molecule has 0 aromatic rings. The van der Waals surface area contributed by atoms with Crippen LogP contribution in [0.2, 0.25) is 0 Å². The SMILES string of the molecule is CC1NCCC1C(=O)NCC12CC3CC(CC(C3)C1)C2.